The molecule has 31 heteroatoms. The van der Waals surface area contributed by atoms with Crippen molar-refractivity contribution in [1.29, 1.82) is 15.9 Å². The molecule has 0 aliphatic carbocycles. The Balaban J connectivity index is 0.000000187. The van der Waals surface area contributed by atoms with E-state index in [-0.39, 0.29) is 48.6 Å². The number of thiophene rings is 4. The summed E-state index contributed by atoms with van der Waals surface area (Å²) < 4.78 is 33.0. The third-order valence-corrected chi connectivity index (χ3v) is 23.5. The molecule has 0 radical (unpaired) electrons. The third-order valence-electron chi connectivity index (χ3n) is 18.7. The maximum Gasteiger partial charge on any atom is 0.350 e. The Morgan fingerprint density at radius 1 is 0.386 bits per heavy atom. The van der Waals surface area contributed by atoms with Crippen LogP contribution in [-0.4, -0.2) is 89.3 Å². The van der Waals surface area contributed by atoms with E-state index >= 15 is 0 Å². The van der Waals surface area contributed by atoms with E-state index in [1.54, 1.807) is 197 Å². The zero-order valence-electron chi connectivity index (χ0n) is 72.6. The van der Waals surface area contributed by atoms with E-state index in [4.69, 9.17) is 54.6 Å². The SMILES string of the molecule is COC(=O)c1sccc1N.COC(=O)c1sccc1NC(=O)c1ccc(-c2ccccc2C)cc1.Cc1ccccc1-c1ccc(C(=O)Cl)cc1.Cc1ccccc1-c1ccc(C(=O)Nc2ccsc2C(=O)Nc2cccc(C#N)c2)cc1.N#Cc1cccc(N)c1.N=C(N)c1cccc(NC(=O)c2sccc2NC(=O)c2ccc(-c3ccccc3S(N)(=O)=O)cc2)c1.[CH3][Al]([CH3])[CH3]. The summed E-state index contributed by atoms with van der Waals surface area (Å²) in [5, 5.41) is 50.6. The summed E-state index contributed by atoms with van der Waals surface area (Å²) >= 11 is 10.2. The molecule has 4 heterocycles. The highest BCUT2D eigenvalue weighted by molar-refractivity contribution is 7.89. The average molecular weight is 1890 g/mol. The largest absolute Gasteiger partial charge is 0.465 e. The first-order valence-corrected chi connectivity index (χ1v) is 49.1. The molecule has 0 unspecified atom stereocenters. The number of benzene rings is 11. The van der Waals surface area contributed by atoms with Crippen LogP contribution in [0, 0.1) is 48.8 Å². The van der Waals surface area contributed by atoms with Gasteiger partial charge in [0.2, 0.25) is 10.0 Å². The molecule has 15 rings (SSSR count). The summed E-state index contributed by atoms with van der Waals surface area (Å²) in [7, 11) is -1.27. The van der Waals surface area contributed by atoms with Crippen LogP contribution in [0.1, 0.15) is 113 Å². The van der Waals surface area contributed by atoms with Crippen molar-refractivity contribution in [3.8, 4) is 56.6 Å². The molecule has 0 aliphatic heterocycles. The molecule has 0 fully saturated rings. The zero-order chi connectivity index (χ0) is 95.6. The first kappa shape index (κ1) is 101. The van der Waals surface area contributed by atoms with E-state index in [0.29, 0.717) is 109 Å². The lowest BCUT2D eigenvalue weighted by Crippen LogP contribution is -2.17. The fraction of sp³-hybridized carbons (Fsp3) is 0.0792. The number of esters is 2. The zero-order valence-corrected chi connectivity index (χ0v) is 78.6. The van der Waals surface area contributed by atoms with E-state index in [2.05, 4.69) is 99.8 Å². The molecule has 24 nitrogen and oxygen atoms in total. The number of nitrogens with two attached hydrogens (primary N) is 4. The Labute approximate surface area is 790 Å². The lowest BCUT2D eigenvalue weighted by Gasteiger charge is -2.10. The number of hydrogen-bond donors (Lipinski definition) is 10. The standard InChI is InChI=1S/C26H19N3O2S.C25H21N5O4S2.C20H17NO3S.C14H11ClO.C7H6N2.C6H7NO2S.3CH3.Al/c1-17-5-2-3-8-22(17)19-9-11-20(12-10-19)25(30)29-23-13-14-32-24(23)26(31)28-21-7-4-6-18(15-21)16-27;26-23(27)17-4-3-5-18(14-17)29-25(32)22-20(12-13-35-22)30-24(31)16-10-8-15(9-11-16)19-6-1-2-7-21(19)36(28,33)34;1-13-5-3-4-6-16(13)14-7-9-15(10-8-14)19(22)21-17-11-12-25-18(17)20(23)24-2;1-10-4-2-3-5-13(10)11-6-8-12(9-7-11)14(15)16;8-5-6-2-1-3-7(9)4-6;1-9-6(8)5-4(7)2-3-10-5;;;;/h2-15H,1H3,(H,28,31)(H,29,30);1-14H,(H3,26,27)(H,29,32)(H,30,31)(H2,28,33,34);3-12H,1-2H3,(H,21,22);2-9H,1H3;1-4H,9H2;2-3H,7H2,1H3;3*1H3;. The van der Waals surface area contributed by atoms with Gasteiger partial charge in [0.15, 0.2) is 0 Å². The summed E-state index contributed by atoms with van der Waals surface area (Å²) in [4.78, 5) is 98.5. The number of rotatable bonds is 19. The van der Waals surface area contributed by atoms with Crippen LogP contribution in [0.5, 0.6) is 0 Å². The van der Waals surface area contributed by atoms with Crippen LogP contribution in [0.25, 0.3) is 44.5 Å². The number of nitrogens with zero attached hydrogens (tertiary/aromatic N) is 2. The van der Waals surface area contributed by atoms with Gasteiger partial charge in [-0.2, -0.15) is 10.5 Å². The number of aryl methyl sites for hydroxylation is 3. The van der Waals surface area contributed by atoms with Gasteiger partial charge in [0.05, 0.1) is 65.1 Å². The van der Waals surface area contributed by atoms with Crippen molar-refractivity contribution < 1.29 is 56.2 Å². The van der Waals surface area contributed by atoms with Gasteiger partial charge in [0.1, 0.15) is 25.3 Å². The highest BCUT2D eigenvalue weighted by atomic mass is 35.5. The molecule has 15 aromatic rings. The number of methoxy groups -OCH3 is 2. The van der Waals surface area contributed by atoms with Crippen LogP contribution >= 0.6 is 56.9 Å². The van der Waals surface area contributed by atoms with Gasteiger partial charge in [-0.3, -0.25) is 34.2 Å². The number of primary sulfonamides is 1. The number of sulfonamides is 1. The normalized spacial score (nSPS) is 10.2. The second-order valence-corrected chi connectivity index (χ2v) is 38.2. The smallest absolute Gasteiger partial charge is 0.350 e. The molecule has 14 N–H and O–H groups in total. The summed E-state index contributed by atoms with van der Waals surface area (Å²) in [6, 6.07) is 90.0. The van der Waals surface area contributed by atoms with Gasteiger partial charge in [0, 0.05) is 50.4 Å². The third kappa shape index (κ3) is 29.5. The highest BCUT2D eigenvalue weighted by Crippen LogP contribution is 2.33. The van der Waals surface area contributed by atoms with E-state index < -0.39 is 33.0 Å². The maximum absolute atomic E-state index is 12.8. The second kappa shape index (κ2) is 49.5. The number of nitrogen functional groups attached to an aromatic ring is 3. The number of nitrogens with one attached hydrogen (secondary N) is 6. The topological polar surface area (TPSA) is 425 Å². The predicted molar refractivity (Wildman–Crippen MR) is 535 cm³/mol. The van der Waals surface area contributed by atoms with Crippen LogP contribution in [-0.2, 0) is 19.5 Å². The molecule has 0 saturated heterocycles. The monoisotopic (exact) mass is 1880 g/mol. The number of nitriles is 2. The minimum Gasteiger partial charge on any atom is -0.465 e. The fourth-order valence-electron chi connectivity index (χ4n) is 12.2. The molecular formula is C101H90AlClN12O12S5. The Bertz CT molecular complexity index is 6820. The van der Waals surface area contributed by atoms with Gasteiger partial charge in [-0.25, -0.2) is 23.1 Å². The van der Waals surface area contributed by atoms with Crippen LogP contribution < -0.4 is 48.9 Å². The number of anilines is 7. The average Bonchev–Trinajstić information content (AvgIpc) is 1.07. The number of carbonyl (C=O) groups is 8. The van der Waals surface area contributed by atoms with E-state index in [1.807, 2.05) is 91.0 Å². The van der Waals surface area contributed by atoms with Crippen molar-refractivity contribution in [1.82, 2.24) is 0 Å². The molecule has 0 bridgehead atoms. The fourth-order valence-corrected chi connectivity index (χ4v) is 16.1. The molecule has 0 spiro atoms. The number of hydrogen-bond acceptors (Lipinski definition) is 21. The Kier molecular flexibility index (Phi) is 37.8. The number of carbonyl (C=O) groups excluding carboxylic acids is 8. The number of amidine groups is 1. The molecule has 0 saturated carbocycles. The Morgan fingerprint density at radius 2 is 0.720 bits per heavy atom. The summed E-state index contributed by atoms with van der Waals surface area (Å²) in [6.07, 6.45) is 0. The van der Waals surface area contributed by atoms with Crippen LogP contribution in [0.3, 0.4) is 0 Å². The molecule has 5 amide bonds. The van der Waals surface area contributed by atoms with Gasteiger partial charge in [0.25, 0.3) is 48.9 Å². The van der Waals surface area contributed by atoms with Crippen molar-refractivity contribution in [2.24, 2.45) is 10.9 Å². The lowest BCUT2D eigenvalue weighted by molar-refractivity contribution is 0.0598. The first-order chi connectivity index (χ1) is 63.3. The van der Waals surface area contributed by atoms with Gasteiger partial charge in [-0.05, 0) is 237 Å². The molecule has 0 atom stereocenters. The first-order valence-electron chi connectivity index (χ1n) is 40.2. The Hall–Kier alpha value is -15.0. The minimum absolute atomic E-state index is 0.00929. The quantitative estimate of drug-likeness (QED) is 0.00897. The van der Waals surface area contributed by atoms with Crippen LogP contribution in [0.2, 0.25) is 17.4 Å². The number of amides is 5. The van der Waals surface area contributed by atoms with Gasteiger partial charge >= 0.3 is 11.9 Å². The van der Waals surface area contributed by atoms with E-state index in [1.165, 1.54) is 87.9 Å². The number of ether oxygens (including phenoxy) is 2. The minimum atomic E-state index is -3.92. The van der Waals surface area contributed by atoms with Crippen molar-refractivity contribution in [2.45, 2.75) is 43.0 Å². The molecular weight excluding hydrogens is 1800 g/mol. The maximum atomic E-state index is 12.8. The lowest BCUT2D eigenvalue weighted by atomic mass is 9.99. The highest BCUT2D eigenvalue weighted by Gasteiger charge is 2.23. The van der Waals surface area contributed by atoms with E-state index in [0.717, 1.165) is 27.8 Å². The molecule has 11 aromatic carbocycles. The van der Waals surface area contributed by atoms with E-state index in [9.17, 15) is 46.8 Å². The van der Waals surface area contributed by atoms with Gasteiger partial charge in [-0.1, -0.05) is 164 Å². The summed E-state index contributed by atoms with van der Waals surface area (Å²) in [5.74, 6) is 4.21. The van der Waals surface area contributed by atoms with Crippen LogP contribution in [0.4, 0.5) is 39.8 Å². The summed E-state index contributed by atoms with van der Waals surface area (Å²) in [5.41, 5.74) is 34.3. The Morgan fingerprint density at radius 3 is 1.08 bits per heavy atom. The molecule has 4 aromatic heterocycles. The van der Waals surface area contributed by atoms with Gasteiger partial charge < -0.3 is 53.3 Å². The predicted octanol–water partition coefficient (Wildman–Crippen LogP) is 22.4. The number of halogens is 1. The van der Waals surface area contributed by atoms with Crippen LogP contribution in [0.15, 0.2) is 318 Å². The molecule has 132 heavy (non-hydrogen) atoms. The van der Waals surface area contributed by atoms with Crippen molar-refractivity contribution in [3.05, 3.63) is 388 Å². The molecule has 666 valence electrons. The second-order valence-electron chi connectivity index (χ2n) is 29.2. The van der Waals surface area contributed by atoms with Gasteiger partial charge in [-0.15, -0.1) is 62.7 Å². The van der Waals surface area contributed by atoms with Crippen molar-refractivity contribution >= 4 is 173 Å². The molecule has 0 aliphatic rings. The van der Waals surface area contributed by atoms with Crippen molar-refractivity contribution in [2.75, 3.05) is 52.3 Å². The summed E-state index contributed by atoms with van der Waals surface area (Å²) in [6.45, 7) is 6.17. The van der Waals surface area contributed by atoms with Crippen molar-refractivity contribution in [3.63, 3.8) is 0 Å².